The van der Waals surface area contributed by atoms with Crippen molar-refractivity contribution in [2.75, 3.05) is 0 Å². The van der Waals surface area contributed by atoms with Crippen LogP contribution in [0.1, 0.15) is 43.4 Å². The number of hydrogen-bond donors (Lipinski definition) is 0. The number of allylic oxidation sites excluding steroid dienone is 1. The highest BCUT2D eigenvalue weighted by molar-refractivity contribution is 6.08. The van der Waals surface area contributed by atoms with Crippen LogP contribution in [-0.4, -0.2) is 16.6 Å². The molecule has 1 aliphatic carbocycles. The monoisotopic (exact) mass is 366 g/mol. The predicted molar refractivity (Wildman–Crippen MR) is 101 cm³/mol. The van der Waals surface area contributed by atoms with Gasteiger partial charge in [0, 0.05) is 12.8 Å². The zero-order chi connectivity index (χ0) is 19.0. The maximum Gasteiger partial charge on any atom is 0.240 e. The number of amides is 1. The molecule has 0 saturated heterocycles. The first-order chi connectivity index (χ1) is 13.0. The summed E-state index contributed by atoms with van der Waals surface area (Å²) >= 11 is 0. The molecule has 1 saturated carbocycles. The molecule has 27 heavy (non-hydrogen) atoms. The van der Waals surface area contributed by atoms with Crippen LogP contribution in [0.15, 0.2) is 59.2 Å². The summed E-state index contributed by atoms with van der Waals surface area (Å²) in [5, 5.41) is 6.17. The lowest BCUT2D eigenvalue weighted by Crippen LogP contribution is -2.30. The van der Waals surface area contributed by atoms with E-state index in [4.69, 9.17) is 0 Å². The van der Waals surface area contributed by atoms with Crippen molar-refractivity contribution in [2.45, 2.75) is 32.2 Å². The fourth-order valence-corrected chi connectivity index (χ4v) is 4.02. The van der Waals surface area contributed by atoms with Crippen LogP contribution >= 0.6 is 0 Å². The van der Waals surface area contributed by atoms with Crippen molar-refractivity contribution < 1.29 is 13.6 Å². The number of carbonyl (C=O) groups excluding carboxylic acids is 1. The minimum absolute atomic E-state index is 0.0832. The summed E-state index contributed by atoms with van der Waals surface area (Å²) in [6.45, 7) is 1.50. The molecule has 1 heterocycles. The standard InChI is InChI=1S/C22H20F2N2O/c1-14(27)26-22(16-7-11-19(24)12-8-16)20-4-2-3-17(21(20)25-26)13-15-5-9-18(23)10-6-15/h5-13,20,22H,2-4H2,1H3/b17-13+. The molecule has 0 aromatic heterocycles. The molecule has 1 fully saturated rings. The summed E-state index contributed by atoms with van der Waals surface area (Å²) in [5.41, 5.74) is 3.79. The van der Waals surface area contributed by atoms with Gasteiger partial charge in [-0.1, -0.05) is 24.3 Å². The number of carbonyl (C=O) groups is 1. The van der Waals surface area contributed by atoms with E-state index in [1.54, 1.807) is 24.3 Å². The Morgan fingerprint density at radius 2 is 1.70 bits per heavy atom. The maximum atomic E-state index is 13.4. The van der Waals surface area contributed by atoms with Gasteiger partial charge in [0.25, 0.3) is 0 Å². The van der Waals surface area contributed by atoms with Gasteiger partial charge in [-0.3, -0.25) is 4.79 Å². The van der Waals surface area contributed by atoms with Gasteiger partial charge in [0.15, 0.2) is 0 Å². The fraction of sp³-hybridized carbons (Fsp3) is 0.273. The smallest absolute Gasteiger partial charge is 0.240 e. The van der Waals surface area contributed by atoms with Crippen LogP contribution in [0.5, 0.6) is 0 Å². The number of fused-ring (bicyclic) bond motifs is 1. The number of hydrazone groups is 1. The average molecular weight is 366 g/mol. The first-order valence-corrected chi connectivity index (χ1v) is 9.13. The van der Waals surface area contributed by atoms with Crippen molar-refractivity contribution in [3.05, 3.63) is 76.9 Å². The van der Waals surface area contributed by atoms with Crippen LogP contribution in [0, 0.1) is 17.6 Å². The van der Waals surface area contributed by atoms with Crippen molar-refractivity contribution >= 4 is 17.7 Å². The van der Waals surface area contributed by atoms with Gasteiger partial charge in [-0.25, -0.2) is 13.8 Å². The van der Waals surface area contributed by atoms with Crippen molar-refractivity contribution in [1.29, 1.82) is 0 Å². The lowest BCUT2D eigenvalue weighted by Gasteiger charge is -2.29. The van der Waals surface area contributed by atoms with Gasteiger partial charge in [0.05, 0.1) is 11.8 Å². The number of nitrogens with zero attached hydrogens (tertiary/aromatic N) is 2. The van der Waals surface area contributed by atoms with Crippen LogP contribution in [0.2, 0.25) is 0 Å². The third-order valence-corrected chi connectivity index (χ3v) is 5.25. The first kappa shape index (κ1) is 17.6. The molecule has 1 amide bonds. The fourth-order valence-electron chi connectivity index (χ4n) is 4.02. The Balaban J connectivity index is 1.72. The van der Waals surface area contributed by atoms with E-state index >= 15 is 0 Å². The van der Waals surface area contributed by atoms with E-state index in [-0.39, 0.29) is 29.5 Å². The molecule has 3 nitrogen and oxygen atoms in total. The summed E-state index contributed by atoms with van der Waals surface area (Å²) in [5.74, 6) is -0.615. The summed E-state index contributed by atoms with van der Waals surface area (Å²) in [6, 6.07) is 12.4. The molecule has 2 atom stereocenters. The second-order valence-electron chi connectivity index (χ2n) is 7.07. The molecule has 0 N–H and O–H groups in total. The third kappa shape index (κ3) is 3.42. The zero-order valence-corrected chi connectivity index (χ0v) is 15.0. The SMILES string of the molecule is CC(=O)N1N=C2/C(=C/c3ccc(F)cc3)CCCC2C1c1ccc(F)cc1. The lowest BCUT2D eigenvalue weighted by molar-refractivity contribution is -0.131. The molecule has 2 aliphatic rings. The van der Waals surface area contributed by atoms with E-state index in [2.05, 4.69) is 5.10 Å². The summed E-state index contributed by atoms with van der Waals surface area (Å²) in [7, 11) is 0. The molecule has 4 rings (SSSR count). The normalized spacial score (nSPS) is 23.3. The highest BCUT2D eigenvalue weighted by atomic mass is 19.1. The van der Waals surface area contributed by atoms with Gasteiger partial charge in [-0.05, 0) is 66.3 Å². The third-order valence-electron chi connectivity index (χ3n) is 5.25. The van der Waals surface area contributed by atoms with Gasteiger partial charge in [-0.15, -0.1) is 0 Å². The summed E-state index contributed by atoms with van der Waals surface area (Å²) < 4.78 is 26.5. The second-order valence-corrected chi connectivity index (χ2v) is 7.07. The molecule has 2 aromatic carbocycles. The Labute approximate surface area is 157 Å². The molecular formula is C22H20F2N2O. The van der Waals surface area contributed by atoms with E-state index < -0.39 is 0 Å². The Hall–Kier alpha value is -2.82. The minimum atomic E-state index is -0.298. The van der Waals surface area contributed by atoms with Gasteiger partial charge >= 0.3 is 0 Å². The quantitative estimate of drug-likeness (QED) is 0.727. The number of benzene rings is 2. The van der Waals surface area contributed by atoms with Crippen molar-refractivity contribution in [3.8, 4) is 0 Å². The molecule has 5 heteroatoms. The van der Waals surface area contributed by atoms with E-state index in [0.717, 1.165) is 41.7 Å². The van der Waals surface area contributed by atoms with E-state index in [1.165, 1.54) is 36.2 Å². The molecule has 138 valence electrons. The van der Waals surface area contributed by atoms with Gasteiger partial charge in [0.2, 0.25) is 5.91 Å². The van der Waals surface area contributed by atoms with E-state index in [0.29, 0.717) is 0 Å². The molecule has 0 bridgehead atoms. The first-order valence-electron chi connectivity index (χ1n) is 9.13. The maximum absolute atomic E-state index is 13.4. The Kier molecular flexibility index (Phi) is 4.60. The lowest BCUT2D eigenvalue weighted by atomic mass is 9.77. The molecule has 0 radical (unpaired) electrons. The van der Waals surface area contributed by atoms with Crippen LogP contribution in [0.25, 0.3) is 6.08 Å². The van der Waals surface area contributed by atoms with Crippen LogP contribution in [0.3, 0.4) is 0 Å². The Morgan fingerprint density at radius 3 is 2.33 bits per heavy atom. The van der Waals surface area contributed by atoms with Gasteiger partial charge in [0.1, 0.15) is 11.6 Å². The molecule has 2 unspecified atom stereocenters. The van der Waals surface area contributed by atoms with Crippen LogP contribution < -0.4 is 0 Å². The van der Waals surface area contributed by atoms with Crippen molar-refractivity contribution in [2.24, 2.45) is 11.0 Å². The minimum Gasteiger partial charge on any atom is -0.273 e. The van der Waals surface area contributed by atoms with Crippen molar-refractivity contribution in [3.63, 3.8) is 0 Å². The largest absolute Gasteiger partial charge is 0.273 e. The highest BCUT2D eigenvalue weighted by Gasteiger charge is 2.42. The molecule has 2 aromatic rings. The van der Waals surface area contributed by atoms with Crippen LogP contribution in [-0.2, 0) is 4.79 Å². The van der Waals surface area contributed by atoms with E-state index in [9.17, 15) is 13.6 Å². The topological polar surface area (TPSA) is 32.7 Å². The van der Waals surface area contributed by atoms with Gasteiger partial charge in [-0.2, -0.15) is 5.10 Å². The van der Waals surface area contributed by atoms with Crippen LogP contribution in [0.4, 0.5) is 8.78 Å². The highest BCUT2D eigenvalue weighted by Crippen LogP contribution is 2.44. The number of halogens is 2. The second kappa shape index (κ2) is 7.06. The molecule has 0 spiro atoms. The van der Waals surface area contributed by atoms with Gasteiger partial charge < -0.3 is 0 Å². The number of hydrogen-bond acceptors (Lipinski definition) is 2. The predicted octanol–water partition coefficient (Wildman–Crippen LogP) is 5.11. The Bertz CT molecular complexity index is 916. The Morgan fingerprint density at radius 1 is 1.07 bits per heavy atom. The average Bonchev–Trinajstić information content (AvgIpc) is 3.05. The molecule has 1 aliphatic heterocycles. The summed E-state index contributed by atoms with van der Waals surface area (Å²) in [6.07, 6.45) is 4.80. The summed E-state index contributed by atoms with van der Waals surface area (Å²) in [4.78, 5) is 12.2. The van der Waals surface area contributed by atoms with Crippen molar-refractivity contribution in [1.82, 2.24) is 5.01 Å². The number of rotatable bonds is 2. The zero-order valence-electron chi connectivity index (χ0n) is 15.0. The van der Waals surface area contributed by atoms with E-state index in [1.807, 2.05) is 6.08 Å². The molecular weight excluding hydrogens is 346 g/mol.